The Balaban J connectivity index is 0.000000324. The average molecular weight is 498 g/mol. The molecule has 4 unspecified atom stereocenters. The standard InChI is InChI=1S/C21H19NO2.C6H12O6/c22-20-18(21(23)24)12-11-17(13-15-7-3-1-4-8-15)19(20)14-16-9-5-2-6-10-16;7-1-3(9)5(11)6(12)4(10)2-8/h1-12H,13-14,22H2,(H,23,24);1,3-6,8-12H,2H2. The van der Waals surface area contributed by atoms with Gasteiger partial charge >= 0.3 is 5.97 Å². The first-order valence-corrected chi connectivity index (χ1v) is 11.2. The van der Waals surface area contributed by atoms with Crippen LogP contribution in [0, 0.1) is 0 Å². The van der Waals surface area contributed by atoms with Gasteiger partial charge in [0.2, 0.25) is 0 Å². The molecule has 3 rings (SSSR count). The van der Waals surface area contributed by atoms with Crippen molar-refractivity contribution in [2.75, 3.05) is 12.3 Å². The third-order valence-corrected chi connectivity index (χ3v) is 5.57. The van der Waals surface area contributed by atoms with Crippen LogP contribution < -0.4 is 5.73 Å². The molecule has 0 spiro atoms. The largest absolute Gasteiger partial charge is 0.478 e. The molecule has 9 nitrogen and oxygen atoms in total. The molecular formula is C27H31NO8. The van der Waals surface area contributed by atoms with E-state index < -0.39 is 37.0 Å². The Hall–Kier alpha value is -3.60. The monoisotopic (exact) mass is 497 g/mol. The lowest BCUT2D eigenvalue weighted by Gasteiger charge is -2.22. The van der Waals surface area contributed by atoms with Gasteiger partial charge in [-0.05, 0) is 41.2 Å². The molecule has 0 aliphatic rings. The van der Waals surface area contributed by atoms with Gasteiger partial charge in [-0.15, -0.1) is 0 Å². The van der Waals surface area contributed by atoms with E-state index in [0.717, 1.165) is 23.1 Å². The number of hydrogen-bond acceptors (Lipinski definition) is 8. The minimum absolute atomic E-state index is 0.0258. The number of carboxylic acids is 1. The smallest absolute Gasteiger partial charge is 0.337 e. The minimum Gasteiger partial charge on any atom is -0.478 e. The van der Waals surface area contributed by atoms with Gasteiger partial charge in [-0.25, -0.2) is 4.79 Å². The Bertz CT molecular complexity index is 1110. The summed E-state index contributed by atoms with van der Waals surface area (Å²) in [5.74, 6) is -0.993. The summed E-state index contributed by atoms with van der Waals surface area (Å²) in [4.78, 5) is 21.3. The lowest BCUT2D eigenvalue weighted by atomic mass is 9.91. The fourth-order valence-electron chi connectivity index (χ4n) is 3.50. The summed E-state index contributed by atoms with van der Waals surface area (Å²) in [6, 6.07) is 23.6. The van der Waals surface area contributed by atoms with Gasteiger partial charge < -0.3 is 41.2 Å². The highest BCUT2D eigenvalue weighted by atomic mass is 16.4. The summed E-state index contributed by atoms with van der Waals surface area (Å²) in [5.41, 5.74) is 11.0. The molecule has 8 N–H and O–H groups in total. The summed E-state index contributed by atoms with van der Waals surface area (Å²) in [7, 11) is 0. The normalized spacial score (nSPS) is 14.0. The van der Waals surface area contributed by atoms with Crippen molar-refractivity contribution in [1.29, 1.82) is 0 Å². The predicted molar refractivity (Wildman–Crippen MR) is 133 cm³/mol. The Morgan fingerprint density at radius 2 is 1.33 bits per heavy atom. The zero-order valence-electron chi connectivity index (χ0n) is 19.5. The summed E-state index contributed by atoms with van der Waals surface area (Å²) < 4.78 is 0. The van der Waals surface area contributed by atoms with Crippen LogP contribution in [0.3, 0.4) is 0 Å². The first-order chi connectivity index (χ1) is 17.2. The third-order valence-electron chi connectivity index (χ3n) is 5.57. The predicted octanol–water partition coefficient (Wildman–Crippen LogP) is 0.770. The van der Waals surface area contributed by atoms with Crippen molar-refractivity contribution in [2.45, 2.75) is 37.3 Å². The van der Waals surface area contributed by atoms with E-state index in [2.05, 4.69) is 12.1 Å². The van der Waals surface area contributed by atoms with Gasteiger partial charge in [-0.1, -0.05) is 66.7 Å². The van der Waals surface area contributed by atoms with Gasteiger partial charge in [-0.3, -0.25) is 0 Å². The van der Waals surface area contributed by atoms with Gasteiger partial charge in [0.25, 0.3) is 0 Å². The van der Waals surface area contributed by atoms with Crippen LogP contribution in [0.4, 0.5) is 5.69 Å². The Morgan fingerprint density at radius 3 is 1.81 bits per heavy atom. The zero-order valence-corrected chi connectivity index (χ0v) is 19.5. The van der Waals surface area contributed by atoms with Gasteiger partial charge in [0.1, 0.15) is 24.4 Å². The molecule has 0 amide bonds. The number of rotatable bonds is 10. The van der Waals surface area contributed by atoms with E-state index in [9.17, 15) is 14.7 Å². The first kappa shape index (κ1) is 28.6. The van der Waals surface area contributed by atoms with E-state index in [1.54, 1.807) is 6.07 Å². The van der Waals surface area contributed by atoms with E-state index in [0.29, 0.717) is 12.1 Å². The number of aliphatic hydroxyl groups is 5. The molecular weight excluding hydrogens is 466 g/mol. The molecule has 0 radical (unpaired) electrons. The molecule has 0 aliphatic carbocycles. The van der Waals surface area contributed by atoms with Crippen molar-refractivity contribution in [2.24, 2.45) is 0 Å². The fraction of sp³-hybridized carbons (Fsp3) is 0.259. The number of carboxylic acid groups (broad SMARTS) is 1. The van der Waals surface area contributed by atoms with E-state index in [1.165, 1.54) is 5.56 Å². The van der Waals surface area contributed by atoms with Crippen LogP contribution in [0.25, 0.3) is 0 Å². The Kier molecular flexibility index (Phi) is 11.2. The van der Waals surface area contributed by atoms with Gasteiger partial charge in [0, 0.05) is 5.69 Å². The number of aldehydes is 1. The molecule has 3 aromatic carbocycles. The molecule has 0 bridgehead atoms. The number of aliphatic hydroxyl groups excluding tert-OH is 5. The average Bonchev–Trinajstić information content (AvgIpc) is 2.90. The lowest BCUT2D eigenvalue weighted by Crippen LogP contribution is -2.46. The topological polar surface area (TPSA) is 182 Å². The third kappa shape index (κ3) is 7.98. The highest BCUT2D eigenvalue weighted by Crippen LogP contribution is 2.27. The van der Waals surface area contributed by atoms with Gasteiger partial charge in [-0.2, -0.15) is 0 Å². The van der Waals surface area contributed by atoms with Crippen LogP contribution >= 0.6 is 0 Å². The molecule has 9 heteroatoms. The minimum atomic E-state index is -1.79. The van der Waals surface area contributed by atoms with Crippen LogP contribution in [0.2, 0.25) is 0 Å². The second-order valence-corrected chi connectivity index (χ2v) is 8.15. The fourth-order valence-corrected chi connectivity index (χ4v) is 3.50. The number of anilines is 1. The molecule has 0 aliphatic heterocycles. The maximum atomic E-state index is 11.4. The number of benzene rings is 3. The van der Waals surface area contributed by atoms with Crippen molar-refractivity contribution in [3.8, 4) is 0 Å². The lowest BCUT2D eigenvalue weighted by molar-refractivity contribution is -0.136. The molecule has 3 aromatic rings. The molecule has 0 fully saturated rings. The molecule has 0 saturated carbocycles. The molecule has 0 heterocycles. The van der Waals surface area contributed by atoms with Crippen LogP contribution in [0.1, 0.15) is 32.6 Å². The second kappa shape index (κ2) is 14.1. The number of nitrogens with two attached hydrogens (primary N) is 1. The van der Waals surface area contributed by atoms with Crippen LogP contribution in [0.5, 0.6) is 0 Å². The van der Waals surface area contributed by atoms with Crippen LogP contribution in [-0.2, 0) is 17.6 Å². The van der Waals surface area contributed by atoms with Gasteiger partial charge in [0.05, 0.1) is 12.2 Å². The molecule has 36 heavy (non-hydrogen) atoms. The number of carbonyl (C=O) groups is 2. The van der Waals surface area contributed by atoms with Crippen molar-refractivity contribution in [3.63, 3.8) is 0 Å². The quantitative estimate of drug-likeness (QED) is 0.157. The zero-order chi connectivity index (χ0) is 26.7. The molecule has 0 aromatic heterocycles. The number of carbonyl (C=O) groups excluding carboxylic acids is 1. The van der Waals surface area contributed by atoms with Crippen molar-refractivity contribution in [3.05, 3.63) is 101 Å². The summed E-state index contributed by atoms with van der Waals surface area (Å²) in [6.07, 6.45) is -5.49. The maximum absolute atomic E-state index is 11.4. The molecule has 0 saturated heterocycles. The highest BCUT2D eigenvalue weighted by Gasteiger charge is 2.29. The Morgan fingerprint density at radius 1 is 0.806 bits per heavy atom. The number of hydrogen-bond donors (Lipinski definition) is 7. The highest BCUT2D eigenvalue weighted by molar-refractivity contribution is 5.94. The van der Waals surface area contributed by atoms with Crippen molar-refractivity contribution >= 4 is 17.9 Å². The number of aromatic carboxylic acids is 1. The molecule has 4 atom stereocenters. The second-order valence-electron chi connectivity index (χ2n) is 8.15. The number of nitrogen functional groups attached to an aromatic ring is 1. The molecule has 192 valence electrons. The maximum Gasteiger partial charge on any atom is 0.337 e. The van der Waals surface area contributed by atoms with Crippen LogP contribution in [0.15, 0.2) is 72.8 Å². The van der Waals surface area contributed by atoms with E-state index in [1.807, 2.05) is 54.6 Å². The summed E-state index contributed by atoms with van der Waals surface area (Å²) >= 11 is 0. The van der Waals surface area contributed by atoms with Gasteiger partial charge in [0.15, 0.2) is 6.29 Å². The first-order valence-electron chi connectivity index (χ1n) is 11.2. The van der Waals surface area contributed by atoms with E-state index in [-0.39, 0.29) is 11.8 Å². The van der Waals surface area contributed by atoms with Crippen LogP contribution in [-0.4, -0.2) is 73.9 Å². The van der Waals surface area contributed by atoms with E-state index >= 15 is 0 Å². The Labute approximate surface area is 208 Å². The summed E-state index contributed by atoms with van der Waals surface area (Å²) in [5, 5.41) is 52.9. The van der Waals surface area contributed by atoms with E-state index in [4.69, 9.17) is 31.3 Å². The van der Waals surface area contributed by atoms with Crippen molar-refractivity contribution in [1.82, 2.24) is 0 Å². The SMILES string of the molecule is Nc1c(C(=O)O)ccc(Cc2ccccc2)c1Cc1ccccc1.O=CC(O)C(O)C(O)C(O)CO. The summed E-state index contributed by atoms with van der Waals surface area (Å²) in [6.45, 7) is -0.760. The van der Waals surface area contributed by atoms with Crippen molar-refractivity contribution < 1.29 is 40.2 Å².